The van der Waals surface area contributed by atoms with E-state index in [1.54, 1.807) is 6.92 Å². The first-order valence-corrected chi connectivity index (χ1v) is 4.66. The molecule has 90 valence electrons. The Morgan fingerprint density at radius 1 is 1.33 bits per heavy atom. The van der Waals surface area contributed by atoms with Crippen molar-refractivity contribution < 1.29 is 23.1 Å². The molecule has 0 amide bonds. The van der Waals surface area contributed by atoms with Crippen LogP contribution in [0.2, 0.25) is 0 Å². The van der Waals surface area contributed by atoms with Crippen LogP contribution in [0.3, 0.4) is 0 Å². The topological polar surface area (TPSA) is 40.5 Å². The van der Waals surface area contributed by atoms with Gasteiger partial charge in [-0.2, -0.15) is 13.2 Å². The van der Waals surface area contributed by atoms with Crippen LogP contribution in [0.5, 0.6) is 0 Å². The number of carbonyl (C=O) groups is 1. The summed E-state index contributed by atoms with van der Waals surface area (Å²) >= 11 is 0. The van der Waals surface area contributed by atoms with Crippen LogP contribution < -0.4 is 0 Å². The fourth-order valence-corrected chi connectivity index (χ4v) is 1.18. The number of alkyl halides is 3. The lowest BCUT2D eigenvalue weighted by atomic mass is 10.0. The fraction of sp³-hybridized carbons (Fsp3) is 0.889. The van der Waals surface area contributed by atoms with Crippen molar-refractivity contribution in [2.75, 3.05) is 13.1 Å². The standard InChI is InChI=1S/C9H16F3NO2/c1-4-5-13(6-9(10,11)12)8(2,3)7(14)15/h4-6H2,1-3H3,(H,14,15). The molecule has 0 atom stereocenters. The van der Waals surface area contributed by atoms with Gasteiger partial charge in [0.1, 0.15) is 5.54 Å². The highest BCUT2D eigenvalue weighted by Gasteiger charge is 2.40. The lowest BCUT2D eigenvalue weighted by Crippen LogP contribution is -2.53. The molecule has 0 aliphatic rings. The van der Waals surface area contributed by atoms with Crippen molar-refractivity contribution in [3.05, 3.63) is 0 Å². The van der Waals surface area contributed by atoms with Crippen molar-refractivity contribution in [2.24, 2.45) is 0 Å². The first-order chi connectivity index (χ1) is 6.61. The molecule has 0 fully saturated rings. The van der Waals surface area contributed by atoms with E-state index < -0.39 is 24.2 Å². The molecule has 6 heteroatoms. The van der Waals surface area contributed by atoms with Gasteiger partial charge in [-0.15, -0.1) is 0 Å². The Morgan fingerprint density at radius 2 is 1.80 bits per heavy atom. The first kappa shape index (κ1) is 14.2. The normalized spacial score (nSPS) is 13.3. The quantitative estimate of drug-likeness (QED) is 0.782. The molecule has 0 aromatic heterocycles. The third-order valence-corrected chi connectivity index (χ3v) is 2.18. The predicted octanol–water partition coefficient (Wildman–Crippen LogP) is 2.12. The minimum absolute atomic E-state index is 0.110. The van der Waals surface area contributed by atoms with Gasteiger partial charge in [0.15, 0.2) is 0 Å². The molecule has 0 aromatic carbocycles. The first-order valence-electron chi connectivity index (χ1n) is 4.66. The molecule has 1 N–H and O–H groups in total. The van der Waals surface area contributed by atoms with Gasteiger partial charge in [0.05, 0.1) is 6.54 Å². The molecule has 0 unspecified atom stereocenters. The second-order valence-electron chi connectivity index (χ2n) is 3.90. The maximum Gasteiger partial charge on any atom is 0.401 e. The van der Waals surface area contributed by atoms with Gasteiger partial charge in [-0.3, -0.25) is 9.69 Å². The Bertz CT molecular complexity index is 226. The molecular formula is C9H16F3NO2. The van der Waals surface area contributed by atoms with E-state index in [1.165, 1.54) is 13.8 Å². The minimum Gasteiger partial charge on any atom is -0.480 e. The van der Waals surface area contributed by atoms with Crippen molar-refractivity contribution in [3.63, 3.8) is 0 Å². The third kappa shape index (κ3) is 4.51. The van der Waals surface area contributed by atoms with Gasteiger partial charge in [0.25, 0.3) is 0 Å². The smallest absolute Gasteiger partial charge is 0.401 e. The van der Waals surface area contributed by atoms with Crippen LogP contribution in [0.1, 0.15) is 27.2 Å². The molecule has 0 aliphatic heterocycles. The Hall–Kier alpha value is -0.780. The maximum atomic E-state index is 12.2. The summed E-state index contributed by atoms with van der Waals surface area (Å²) < 4.78 is 36.6. The molecule has 0 saturated heterocycles. The lowest BCUT2D eigenvalue weighted by Gasteiger charge is -2.35. The number of hydrogen-bond acceptors (Lipinski definition) is 2. The van der Waals surface area contributed by atoms with E-state index in [0.717, 1.165) is 4.90 Å². The van der Waals surface area contributed by atoms with Crippen molar-refractivity contribution in [1.29, 1.82) is 0 Å². The van der Waals surface area contributed by atoms with Gasteiger partial charge >= 0.3 is 12.1 Å². The Balaban J connectivity index is 4.73. The number of aliphatic carboxylic acids is 1. The van der Waals surface area contributed by atoms with Crippen LogP contribution in [0.15, 0.2) is 0 Å². The summed E-state index contributed by atoms with van der Waals surface area (Å²) in [6.45, 7) is 3.17. The number of nitrogens with zero attached hydrogens (tertiary/aromatic N) is 1. The summed E-state index contributed by atoms with van der Waals surface area (Å²) in [5.41, 5.74) is -1.49. The summed E-state index contributed by atoms with van der Waals surface area (Å²) in [5.74, 6) is -1.25. The summed E-state index contributed by atoms with van der Waals surface area (Å²) in [6.07, 6.45) is -3.89. The number of carboxylic acid groups (broad SMARTS) is 1. The SMILES string of the molecule is CCCN(CC(F)(F)F)C(C)(C)C(=O)O. The molecule has 0 spiro atoms. The predicted molar refractivity (Wildman–Crippen MR) is 49.6 cm³/mol. The summed E-state index contributed by atoms with van der Waals surface area (Å²) in [4.78, 5) is 11.7. The van der Waals surface area contributed by atoms with Crippen molar-refractivity contribution in [1.82, 2.24) is 4.90 Å². The molecular weight excluding hydrogens is 211 g/mol. The highest BCUT2D eigenvalue weighted by molar-refractivity contribution is 5.77. The highest BCUT2D eigenvalue weighted by Crippen LogP contribution is 2.23. The molecule has 0 bridgehead atoms. The molecule has 0 radical (unpaired) electrons. The molecule has 0 heterocycles. The van der Waals surface area contributed by atoms with Crippen molar-refractivity contribution >= 4 is 5.97 Å². The van der Waals surface area contributed by atoms with E-state index >= 15 is 0 Å². The lowest BCUT2D eigenvalue weighted by molar-refractivity contribution is -0.170. The van der Waals surface area contributed by atoms with Crippen molar-refractivity contribution in [2.45, 2.75) is 38.9 Å². The Morgan fingerprint density at radius 3 is 2.07 bits per heavy atom. The average Bonchev–Trinajstić information content (AvgIpc) is 2.00. The molecule has 15 heavy (non-hydrogen) atoms. The van der Waals surface area contributed by atoms with E-state index in [9.17, 15) is 18.0 Å². The fourth-order valence-electron chi connectivity index (χ4n) is 1.18. The van der Waals surface area contributed by atoms with Crippen molar-refractivity contribution in [3.8, 4) is 0 Å². The van der Waals surface area contributed by atoms with Crippen LogP contribution in [0, 0.1) is 0 Å². The monoisotopic (exact) mass is 227 g/mol. The summed E-state index contributed by atoms with van der Waals surface area (Å²) in [7, 11) is 0. The van der Waals surface area contributed by atoms with Gasteiger partial charge in [0.2, 0.25) is 0 Å². The van der Waals surface area contributed by atoms with E-state index in [1.807, 2.05) is 0 Å². The van der Waals surface area contributed by atoms with Gasteiger partial charge < -0.3 is 5.11 Å². The second-order valence-corrected chi connectivity index (χ2v) is 3.90. The van der Waals surface area contributed by atoms with Gasteiger partial charge in [-0.1, -0.05) is 6.92 Å². The zero-order valence-electron chi connectivity index (χ0n) is 9.06. The maximum absolute atomic E-state index is 12.2. The molecule has 0 aromatic rings. The number of halogens is 3. The Kier molecular flexibility index (Phi) is 4.58. The minimum atomic E-state index is -4.37. The Labute approximate surface area is 86.9 Å². The van der Waals surface area contributed by atoms with Gasteiger partial charge in [-0.05, 0) is 26.8 Å². The zero-order valence-corrected chi connectivity index (χ0v) is 9.06. The number of hydrogen-bond donors (Lipinski definition) is 1. The van der Waals surface area contributed by atoms with E-state index in [-0.39, 0.29) is 6.54 Å². The van der Waals surface area contributed by atoms with E-state index in [0.29, 0.717) is 6.42 Å². The molecule has 3 nitrogen and oxygen atoms in total. The zero-order chi connectivity index (χ0) is 12.3. The number of rotatable bonds is 5. The highest BCUT2D eigenvalue weighted by atomic mass is 19.4. The summed E-state index contributed by atoms with van der Waals surface area (Å²) in [5, 5.41) is 8.83. The number of carboxylic acids is 1. The van der Waals surface area contributed by atoms with Gasteiger partial charge in [0, 0.05) is 0 Å². The third-order valence-electron chi connectivity index (χ3n) is 2.18. The van der Waals surface area contributed by atoms with Crippen LogP contribution in [0.25, 0.3) is 0 Å². The molecule has 0 rings (SSSR count). The van der Waals surface area contributed by atoms with E-state index in [4.69, 9.17) is 5.11 Å². The van der Waals surface area contributed by atoms with Gasteiger partial charge in [-0.25, -0.2) is 0 Å². The van der Waals surface area contributed by atoms with Crippen LogP contribution in [0.4, 0.5) is 13.2 Å². The molecule has 0 aliphatic carbocycles. The van der Waals surface area contributed by atoms with Crippen LogP contribution >= 0.6 is 0 Å². The van der Waals surface area contributed by atoms with E-state index in [2.05, 4.69) is 0 Å². The average molecular weight is 227 g/mol. The second kappa shape index (κ2) is 4.83. The summed E-state index contributed by atoms with van der Waals surface area (Å²) in [6, 6.07) is 0. The largest absolute Gasteiger partial charge is 0.480 e. The van der Waals surface area contributed by atoms with Crippen LogP contribution in [-0.2, 0) is 4.79 Å². The van der Waals surface area contributed by atoms with Crippen LogP contribution in [-0.4, -0.2) is 40.8 Å². The molecule has 0 saturated carbocycles.